The topological polar surface area (TPSA) is 70.4 Å². The first-order valence-corrected chi connectivity index (χ1v) is 10.5. The van der Waals surface area contributed by atoms with Gasteiger partial charge in [0.1, 0.15) is 12.8 Å². The monoisotopic (exact) mass is 432 g/mol. The number of halogens is 3. The Labute approximate surface area is 167 Å². The first-order chi connectivity index (χ1) is 13.5. The van der Waals surface area contributed by atoms with Crippen molar-refractivity contribution in [1.29, 1.82) is 0 Å². The lowest BCUT2D eigenvalue weighted by molar-refractivity contribution is -0.137. The van der Waals surface area contributed by atoms with Gasteiger partial charge < -0.3 is 9.47 Å². The summed E-state index contributed by atoms with van der Waals surface area (Å²) in [6, 6.07) is 5.68. The van der Waals surface area contributed by atoms with Crippen LogP contribution in [0.25, 0.3) is 0 Å². The molecule has 160 valence electrons. The average Bonchev–Trinajstić information content (AvgIpc) is 3.02. The fraction of sp³-hybridized carbons (Fsp3) is 0.526. The van der Waals surface area contributed by atoms with E-state index in [9.17, 15) is 21.6 Å². The summed E-state index contributed by atoms with van der Waals surface area (Å²) in [5.74, 6) is 0. The Morgan fingerprint density at radius 3 is 2.72 bits per heavy atom. The molecule has 2 heterocycles. The van der Waals surface area contributed by atoms with Crippen molar-refractivity contribution in [1.82, 2.24) is 9.78 Å². The largest absolute Gasteiger partial charge is 0.416 e. The number of hydrogen-bond donors (Lipinski definition) is 0. The van der Waals surface area contributed by atoms with E-state index in [1.165, 1.54) is 13.2 Å². The number of methoxy groups -OCH3 is 1. The van der Waals surface area contributed by atoms with Crippen LogP contribution in [0.1, 0.15) is 42.8 Å². The van der Waals surface area contributed by atoms with Gasteiger partial charge in [0.25, 0.3) is 0 Å². The molecule has 1 aromatic carbocycles. The second-order valence-electron chi connectivity index (χ2n) is 7.42. The fourth-order valence-electron chi connectivity index (χ4n) is 3.58. The van der Waals surface area contributed by atoms with Crippen molar-refractivity contribution in [2.45, 2.75) is 55.3 Å². The maximum absolute atomic E-state index is 13.3. The summed E-state index contributed by atoms with van der Waals surface area (Å²) in [7, 11) is -2.53. The molecule has 10 heteroatoms. The van der Waals surface area contributed by atoms with Crippen LogP contribution in [-0.2, 0) is 32.2 Å². The summed E-state index contributed by atoms with van der Waals surface area (Å²) < 4.78 is 77.1. The molecule has 1 fully saturated rings. The molecular weight excluding hydrogens is 409 g/mol. The van der Waals surface area contributed by atoms with Crippen LogP contribution in [0.4, 0.5) is 13.2 Å². The number of sulfone groups is 1. The van der Waals surface area contributed by atoms with E-state index in [0.717, 1.165) is 17.8 Å². The lowest BCUT2D eigenvalue weighted by Crippen LogP contribution is -2.42. The van der Waals surface area contributed by atoms with Crippen molar-refractivity contribution < 1.29 is 31.1 Å². The highest BCUT2D eigenvalue weighted by atomic mass is 32.2. The van der Waals surface area contributed by atoms with E-state index in [2.05, 4.69) is 5.10 Å². The molecule has 0 bridgehead atoms. The summed E-state index contributed by atoms with van der Waals surface area (Å²) >= 11 is 0. The zero-order chi connectivity index (χ0) is 21.4. The molecule has 2 aromatic rings. The molecule has 0 aliphatic carbocycles. The van der Waals surface area contributed by atoms with Gasteiger partial charge in [0, 0.05) is 13.7 Å². The molecule has 0 radical (unpaired) electrons. The Morgan fingerprint density at radius 2 is 2.07 bits per heavy atom. The lowest BCUT2D eigenvalue weighted by Gasteiger charge is -2.37. The maximum atomic E-state index is 13.3. The molecule has 0 saturated carbocycles. The number of aryl methyl sites for hydroxylation is 1. The van der Waals surface area contributed by atoms with E-state index in [1.807, 2.05) is 0 Å². The SMILES string of the molecule is COCn1nc(C)cc1C1C[C@@](C)(S(=O)(=O)c2cccc(C(F)(F)F)c2)CCO1. The highest BCUT2D eigenvalue weighted by Crippen LogP contribution is 2.42. The Morgan fingerprint density at radius 1 is 1.34 bits per heavy atom. The van der Waals surface area contributed by atoms with Crippen LogP contribution in [0.5, 0.6) is 0 Å². The van der Waals surface area contributed by atoms with Crippen molar-refractivity contribution in [2.75, 3.05) is 13.7 Å². The molecule has 1 aliphatic heterocycles. The highest BCUT2D eigenvalue weighted by molar-refractivity contribution is 7.92. The molecule has 1 unspecified atom stereocenters. The number of nitrogens with zero attached hydrogens (tertiary/aromatic N) is 2. The maximum Gasteiger partial charge on any atom is 0.416 e. The van der Waals surface area contributed by atoms with Gasteiger partial charge in [-0.2, -0.15) is 18.3 Å². The zero-order valence-electron chi connectivity index (χ0n) is 16.4. The smallest absolute Gasteiger partial charge is 0.372 e. The molecule has 2 atom stereocenters. The number of aromatic nitrogens is 2. The van der Waals surface area contributed by atoms with Gasteiger partial charge in [-0.3, -0.25) is 0 Å². The standard InChI is InChI=1S/C19H23F3N2O4S/c1-13-9-16(24(23-13)12-27-3)17-11-18(2,7-8-28-17)29(25,26)15-6-4-5-14(10-15)19(20,21)22/h4-6,9-10,17H,7-8,11-12H2,1-3H3/t17?,18-/m0/s1. The van der Waals surface area contributed by atoms with Crippen LogP contribution in [0, 0.1) is 6.92 Å². The first kappa shape index (κ1) is 21.8. The van der Waals surface area contributed by atoms with Crippen LogP contribution < -0.4 is 0 Å². The third-order valence-electron chi connectivity index (χ3n) is 5.20. The second kappa shape index (κ2) is 7.73. The summed E-state index contributed by atoms with van der Waals surface area (Å²) in [4.78, 5) is -0.336. The summed E-state index contributed by atoms with van der Waals surface area (Å²) in [6.45, 7) is 3.70. The van der Waals surface area contributed by atoms with Crippen LogP contribution in [0.2, 0.25) is 0 Å². The fourth-order valence-corrected chi connectivity index (χ4v) is 5.41. The molecule has 0 amide bonds. The molecule has 1 aromatic heterocycles. The normalized spacial score (nSPS) is 23.3. The Kier molecular flexibility index (Phi) is 5.81. The molecule has 3 rings (SSSR count). The Hall–Kier alpha value is -1.91. The lowest BCUT2D eigenvalue weighted by atomic mass is 9.94. The number of alkyl halides is 3. The zero-order valence-corrected chi connectivity index (χ0v) is 17.2. The molecule has 6 nitrogen and oxygen atoms in total. The molecule has 0 spiro atoms. The van der Waals surface area contributed by atoms with Gasteiger partial charge in [0.2, 0.25) is 0 Å². The van der Waals surface area contributed by atoms with Crippen LogP contribution in [0.15, 0.2) is 35.2 Å². The van der Waals surface area contributed by atoms with Crippen molar-refractivity contribution in [3.05, 3.63) is 47.3 Å². The van der Waals surface area contributed by atoms with E-state index in [4.69, 9.17) is 9.47 Å². The molecule has 1 aliphatic rings. The predicted octanol–water partition coefficient (Wildman–Crippen LogP) is 3.90. The summed E-state index contributed by atoms with van der Waals surface area (Å²) in [5, 5.41) is 4.32. The van der Waals surface area contributed by atoms with Crippen LogP contribution in [0.3, 0.4) is 0 Å². The minimum atomic E-state index is -4.62. The number of rotatable bonds is 5. The van der Waals surface area contributed by atoms with Crippen molar-refractivity contribution in [3.8, 4) is 0 Å². The summed E-state index contributed by atoms with van der Waals surface area (Å²) in [6.07, 6.45) is -4.90. The minimum Gasteiger partial charge on any atom is -0.372 e. The Bertz CT molecular complexity index is 988. The third kappa shape index (κ3) is 4.19. The number of ether oxygens (including phenoxy) is 2. The van der Waals surface area contributed by atoms with Crippen LogP contribution >= 0.6 is 0 Å². The van der Waals surface area contributed by atoms with Gasteiger partial charge >= 0.3 is 6.18 Å². The quantitative estimate of drug-likeness (QED) is 0.717. The molecule has 1 saturated heterocycles. The molecule has 29 heavy (non-hydrogen) atoms. The van der Waals surface area contributed by atoms with Gasteiger partial charge in [-0.1, -0.05) is 6.07 Å². The van der Waals surface area contributed by atoms with Gasteiger partial charge in [-0.15, -0.1) is 0 Å². The van der Waals surface area contributed by atoms with Gasteiger partial charge in [0.05, 0.1) is 26.6 Å². The summed E-state index contributed by atoms with van der Waals surface area (Å²) in [5.41, 5.74) is 0.419. The van der Waals surface area contributed by atoms with Gasteiger partial charge in [-0.05, 0) is 51.0 Å². The Balaban J connectivity index is 1.96. The third-order valence-corrected chi connectivity index (χ3v) is 7.74. The minimum absolute atomic E-state index is 0.0976. The molecule has 0 N–H and O–H groups in total. The van der Waals surface area contributed by atoms with E-state index in [1.54, 1.807) is 24.6 Å². The second-order valence-corrected chi connectivity index (χ2v) is 9.88. The van der Waals surface area contributed by atoms with Crippen molar-refractivity contribution in [3.63, 3.8) is 0 Å². The molecular formula is C19H23F3N2O4S. The van der Waals surface area contributed by atoms with Crippen LogP contribution in [-0.4, -0.2) is 36.7 Å². The average molecular weight is 432 g/mol. The number of benzene rings is 1. The highest BCUT2D eigenvalue weighted by Gasteiger charge is 2.46. The van der Waals surface area contributed by atoms with E-state index < -0.39 is 32.4 Å². The predicted molar refractivity (Wildman–Crippen MR) is 98.9 cm³/mol. The van der Waals surface area contributed by atoms with Gasteiger partial charge in [-0.25, -0.2) is 13.1 Å². The van der Waals surface area contributed by atoms with E-state index in [-0.39, 0.29) is 31.1 Å². The first-order valence-electron chi connectivity index (χ1n) is 9.05. The van der Waals surface area contributed by atoms with Gasteiger partial charge in [0.15, 0.2) is 9.84 Å². The van der Waals surface area contributed by atoms with Crippen molar-refractivity contribution in [2.24, 2.45) is 0 Å². The van der Waals surface area contributed by atoms with Crippen molar-refractivity contribution >= 4 is 9.84 Å². The van der Waals surface area contributed by atoms with E-state index in [0.29, 0.717) is 11.8 Å². The number of hydrogen-bond acceptors (Lipinski definition) is 5. The van der Waals surface area contributed by atoms with E-state index >= 15 is 0 Å².